The first-order valence-corrected chi connectivity index (χ1v) is 4.35. The fraction of sp³-hybridized carbons (Fsp3) is 0.625. The molecule has 0 aromatic carbocycles. The van der Waals surface area contributed by atoms with Gasteiger partial charge in [-0.05, 0) is 20.8 Å². The Kier molecular flexibility index (Phi) is 2.60. The quantitative estimate of drug-likeness (QED) is 0.675. The van der Waals surface area contributed by atoms with E-state index in [9.17, 15) is 0 Å². The van der Waals surface area contributed by atoms with E-state index in [4.69, 9.17) is 0 Å². The van der Waals surface area contributed by atoms with Crippen molar-refractivity contribution in [1.82, 2.24) is 9.78 Å². The summed E-state index contributed by atoms with van der Waals surface area (Å²) in [7, 11) is 0. The Hall–Kier alpha value is -0.440. The third-order valence-electron chi connectivity index (χ3n) is 1.63. The van der Waals surface area contributed by atoms with Crippen molar-refractivity contribution in [2.75, 3.05) is 0 Å². The standard InChI is InChI=1S/C8H14N2S/c1-6(2)10-5-8(4-9-10)7(3)11/h4-7,11H,1-3H3. The Labute approximate surface area is 73.0 Å². The van der Waals surface area contributed by atoms with E-state index < -0.39 is 0 Å². The van der Waals surface area contributed by atoms with Crippen LogP contribution in [0.25, 0.3) is 0 Å². The maximum absolute atomic E-state index is 4.32. The minimum absolute atomic E-state index is 0.280. The molecule has 0 aliphatic heterocycles. The van der Waals surface area contributed by atoms with Gasteiger partial charge in [-0.1, -0.05) is 0 Å². The van der Waals surface area contributed by atoms with Gasteiger partial charge in [-0.3, -0.25) is 4.68 Å². The molecule has 0 amide bonds. The van der Waals surface area contributed by atoms with Crippen LogP contribution in [0.2, 0.25) is 0 Å². The monoisotopic (exact) mass is 170 g/mol. The molecule has 0 saturated heterocycles. The van der Waals surface area contributed by atoms with Gasteiger partial charge in [-0.2, -0.15) is 17.7 Å². The number of hydrogen-bond acceptors (Lipinski definition) is 2. The summed E-state index contributed by atoms with van der Waals surface area (Å²) >= 11 is 4.32. The van der Waals surface area contributed by atoms with E-state index in [1.54, 1.807) is 0 Å². The molecule has 1 aromatic rings. The molecule has 0 aliphatic rings. The fourth-order valence-electron chi connectivity index (χ4n) is 0.851. The first-order valence-electron chi connectivity index (χ1n) is 3.83. The molecule has 0 spiro atoms. The average molecular weight is 170 g/mol. The Balaban J connectivity index is 2.82. The van der Waals surface area contributed by atoms with Gasteiger partial charge in [0.25, 0.3) is 0 Å². The molecule has 1 rings (SSSR count). The van der Waals surface area contributed by atoms with E-state index in [0.717, 1.165) is 0 Å². The molecule has 0 aliphatic carbocycles. The van der Waals surface area contributed by atoms with Gasteiger partial charge in [-0.15, -0.1) is 0 Å². The van der Waals surface area contributed by atoms with Crippen LogP contribution in [0.4, 0.5) is 0 Å². The van der Waals surface area contributed by atoms with Crippen LogP contribution in [0.15, 0.2) is 12.4 Å². The highest BCUT2D eigenvalue weighted by molar-refractivity contribution is 7.80. The minimum atomic E-state index is 0.280. The summed E-state index contributed by atoms with van der Waals surface area (Å²) in [5, 5.41) is 4.48. The van der Waals surface area contributed by atoms with Gasteiger partial charge in [0.15, 0.2) is 0 Å². The molecule has 2 nitrogen and oxygen atoms in total. The van der Waals surface area contributed by atoms with E-state index in [1.165, 1.54) is 5.56 Å². The van der Waals surface area contributed by atoms with Crippen LogP contribution in [0.3, 0.4) is 0 Å². The van der Waals surface area contributed by atoms with Crippen molar-refractivity contribution in [3.63, 3.8) is 0 Å². The topological polar surface area (TPSA) is 17.8 Å². The molecular formula is C8H14N2S. The van der Waals surface area contributed by atoms with E-state index in [2.05, 4.69) is 31.6 Å². The molecule has 0 fully saturated rings. The maximum atomic E-state index is 4.32. The fourth-order valence-corrected chi connectivity index (χ4v) is 0.984. The number of aromatic nitrogens is 2. The number of rotatable bonds is 2. The van der Waals surface area contributed by atoms with Crippen molar-refractivity contribution in [1.29, 1.82) is 0 Å². The van der Waals surface area contributed by atoms with Gasteiger partial charge < -0.3 is 0 Å². The van der Waals surface area contributed by atoms with Gasteiger partial charge in [0, 0.05) is 23.1 Å². The normalized spacial score (nSPS) is 13.9. The van der Waals surface area contributed by atoms with Crippen molar-refractivity contribution in [2.45, 2.75) is 32.1 Å². The summed E-state index contributed by atoms with van der Waals surface area (Å²) in [4.78, 5) is 0. The second-order valence-electron chi connectivity index (χ2n) is 3.02. The molecule has 3 heteroatoms. The van der Waals surface area contributed by atoms with Crippen LogP contribution in [-0.4, -0.2) is 9.78 Å². The van der Waals surface area contributed by atoms with Gasteiger partial charge in [0.1, 0.15) is 0 Å². The van der Waals surface area contributed by atoms with Gasteiger partial charge >= 0.3 is 0 Å². The molecule has 11 heavy (non-hydrogen) atoms. The van der Waals surface area contributed by atoms with E-state index in [-0.39, 0.29) is 5.25 Å². The van der Waals surface area contributed by atoms with Gasteiger partial charge in [0.05, 0.1) is 6.20 Å². The van der Waals surface area contributed by atoms with Gasteiger partial charge in [-0.25, -0.2) is 0 Å². The first-order chi connectivity index (χ1) is 5.11. The van der Waals surface area contributed by atoms with E-state index in [0.29, 0.717) is 6.04 Å². The predicted molar refractivity (Wildman–Crippen MR) is 50.0 cm³/mol. The van der Waals surface area contributed by atoms with Crippen LogP contribution in [0, 0.1) is 0 Å². The largest absolute Gasteiger partial charge is 0.270 e. The molecule has 0 N–H and O–H groups in total. The Morgan fingerprint density at radius 3 is 2.36 bits per heavy atom. The van der Waals surface area contributed by atoms with Crippen LogP contribution < -0.4 is 0 Å². The second-order valence-corrected chi connectivity index (χ2v) is 3.80. The lowest BCUT2D eigenvalue weighted by molar-refractivity contribution is 0.532. The first kappa shape index (κ1) is 8.65. The summed E-state index contributed by atoms with van der Waals surface area (Å²) in [5.74, 6) is 0. The maximum Gasteiger partial charge on any atom is 0.0532 e. The zero-order valence-corrected chi connectivity index (χ0v) is 8.05. The highest BCUT2D eigenvalue weighted by atomic mass is 32.1. The second kappa shape index (κ2) is 3.30. The average Bonchev–Trinajstić information content (AvgIpc) is 2.33. The molecule has 1 atom stereocenters. The zero-order chi connectivity index (χ0) is 8.43. The predicted octanol–water partition coefficient (Wildman–Crippen LogP) is 2.45. The Morgan fingerprint density at radius 1 is 1.45 bits per heavy atom. The summed E-state index contributed by atoms with van der Waals surface area (Å²) in [6.07, 6.45) is 3.92. The SMILES string of the molecule is CC(S)c1cnn(C(C)C)c1. The van der Waals surface area contributed by atoms with Gasteiger partial charge in [0.2, 0.25) is 0 Å². The van der Waals surface area contributed by atoms with Crippen LogP contribution in [0.5, 0.6) is 0 Å². The molecular weight excluding hydrogens is 156 g/mol. The van der Waals surface area contributed by atoms with E-state index >= 15 is 0 Å². The van der Waals surface area contributed by atoms with Crippen molar-refractivity contribution >= 4 is 12.6 Å². The van der Waals surface area contributed by atoms with Crippen LogP contribution >= 0.6 is 12.6 Å². The van der Waals surface area contributed by atoms with E-state index in [1.807, 2.05) is 24.0 Å². The van der Waals surface area contributed by atoms with Crippen molar-refractivity contribution < 1.29 is 0 Å². The number of thiol groups is 1. The van der Waals surface area contributed by atoms with Crippen molar-refractivity contribution in [3.8, 4) is 0 Å². The Morgan fingerprint density at radius 2 is 2.09 bits per heavy atom. The number of hydrogen-bond donors (Lipinski definition) is 1. The van der Waals surface area contributed by atoms with Crippen molar-refractivity contribution in [3.05, 3.63) is 18.0 Å². The summed E-state index contributed by atoms with van der Waals surface area (Å²) < 4.78 is 1.95. The molecule has 1 heterocycles. The molecule has 1 unspecified atom stereocenters. The molecule has 0 saturated carbocycles. The summed E-state index contributed by atoms with van der Waals surface area (Å²) in [5.41, 5.74) is 1.18. The third kappa shape index (κ3) is 1.99. The molecule has 1 aromatic heterocycles. The van der Waals surface area contributed by atoms with Crippen molar-refractivity contribution in [2.24, 2.45) is 0 Å². The number of nitrogens with zero attached hydrogens (tertiary/aromatic N) is 2. The summed E-state index contributed by atoms with van der Waals surface area (Å²) in [6, 6.07) is 0.441. The highest BCUT2D eigenvalue weighted by Crippen LogP contribution is 2.18. The zero-order valence-electron chi connectivity index (χ0n) is 7.15. The molecule has 62 valence electrons. The lowest BCUT2D eigenvalue weighted by Gasteiger charge is -2.03. The van der Waals surface area contributed by atoms with Crippen LogP contribution in [0.1, 0.15) is 37.6 Å². The summed E-state index contributed by atoms with van der Waals surface area (Å²) in [6.45, 7) is 6.27. The smallest absolute Gasteiger partial charge is 0.0532 e. The molecule has 0 radical (unpaired) electrons. The third-order valence-corrected chi connectivity index (χ3v) is 1.93. The lowest BCUT2D eigenvalue weighted by atomic mass is 10.3. The minimum Gasteiger partial charge on any atom is -0.270 e. The molecule has 0 bridgehead atoms. The highest BCUT2D eigenvalue weighted by Gasteiger charge is 2.04. The lowest BCUT2D eigenvalue weighted by Crippen LogP contribution is -1.99. The Bertz CT molecular complexity index is 205. The van der Waals surface area contributed by atoms with Crippen LogP contribution in [-0.2, 0) is 0 Å².